The van der Waals surface area contributed by atoms with Crippen LogP contribution in [-0.2, 0) is 0 Å². The van der Waals surface area contributed by atoms with Gasteiger partial charge in [-0.3, -0.25) is 20.6 Å². The average molecular weight is 296 g/mol. The van der Waals surface area contributed by atoms with Crippen molar-refractivity contribution in [1.82, 2.24) is 15.4 Å². The lowest BCUT2D eigenvalue weighted by Gasteiger charge is -2.04. The van der Waals surface area contributed by atoms with E-state index in [2.05, 4.69) is 20.8 Å². The van der Waals surface area contributed by atoms with Gasteiger partial charge in [-0.25, -0.2) is 4.98 Å². The van der Waals surface area contributed by atoms with Crippen molar-refractivity contribution in [1.29, 1.82) is 0 Å². The molecule has 0 saturated carbocycles. The molecule has 1 amide bonds. The monoisotopic (exact) mass is 296 g/mol. The topological polar surface area (TPSA) is 66.9 Å². The van der Waals surface area contributed by atoms with Gasteiger partial charge in [-0.2, -0.15) is 0 Å². The van der Waals surface area contributed by atoms with Gasteiger partial charge >= 0.3 is 0 Å². The third-order valence-corrected chi connectivity index (χ3v) is 3.54. The van der Waals surface area contributed by atoms with Crippen LogP contribution in [0.1, 0.15) is 10.4 Å². The average Bonchev–Trinajstić information content (AvgIpc) is 3.03. The standard InChI is InChI=1S/C15H12N4OS/c20-14(12-7-4-8-16-9-12)18-19-15-17-13(10-21-15)11-5-2-1-3-6-11/h1-10H,(H,17,19)(H,18,20). The van der Waals surface area contributed by atoms with Crippen LogP contribution >= 0.6 is 11.3 Å². The quantitative estimate of drug-likeness (QED) is 0.726. The van der Waals surface area contributed by atoms with Crippen LogP contribution in [0.25, 0.3) is 11.3 Å². The number of pyridine rings is 1. The van der Waals surface area contributed by atoms with Gasteiger partial charge in [0.2, 0.25) is 5.13 Å². The summed E-state index contributed by atoms with van der Waals surface area (Å²) in [5.74, 6) is -0.250. The van der Waals surface area contributed by atoms with Crippen molar-refractivity contribution in [3.05, 3.63) is 65.8 Å². The fourth-order valence-electron chi connectivity index (χ4n) is 1.75. The Morgan fingerprint density at radius 2 is 1.95 bits per heavy atom. The number of hydrazine groups is 1. The van der Waals surface area contributed by atoms with Crippen LogP contribution in [0.2, 0.25) is 0 Å². The van der Waals surface area contributed by atoms with Crippen molar-refractivity contribution in [2.45, 2.75) is 0 Å². The van der Waals surface area contributed by atoms with Crippen LogP contribution in [0.5, 0.6) is 0 Å². The van der Waals surface area contributed by atoms with E-state index in [1.807, 2.05) is 35.7 Å². The fraction of sp³-hybridized carbons (Fsp3) is 0. The first-order valence-corrected chi connectivity index (χ1v) is 7.18. The summed E-state index contributed by atoms with van der Waals surface area (Å²) in [6.45, 7) is 0. The largest absolute Gasteiger partial charge is 0.273 e. The molecule has 0 saturated heterocycles. The molecule has 0 aliphatic rings. The Morgan fingerprint density at radius 1 is 1.10 bits per heavy atom. The molecule has 0 radical (unpaired) electrons. The van der Waals surface area contributed by atoms with Gasteiger partial charge < -0.3 is 0 Å². The highest BCUT2D eigenvalue weighted by atomic mass is 32.1. The fourth-order valence-corrected chi connectivity index (χ4v) is 2.43. The molecular formula is C15H12N4OS. The number of aromatic nitrogens is 2. The van der Waals surface area contributed by atoms with Gasteiger partial charge in [0.1, 0.15) is 0 Å². The number of nitrogens with zero attached hydrogens (tertiary/aromatic N) is 2. The molecule has 0 bridgehead atoms. The van der Waals surface area contributed by atoms with Crippen molar-refractivity contribution < 1.29 is 4.79 Å². The van der Waals surface area contributed by atoms with Crippen LogP contribution in [0.3, 0.4) is 0 Å². The summed E-state index contributed by atoms with van der Waals surface area (Å²) in [5.41, 5.74) is 7.82. The molecule has 2 N–H and O–H groups in total. The predicted molar refractivity (Wildman–Crippen MR) is 82.9 cm³/mol. The summed E-state index contributed by atoms with van der Waals surface area (Å²) in [6.07, 6.45) is 3.13. The summed E-state index contributed by atoms with van der Waals surface area (Å²) in [6, 6.07) is 13.3. The molecule has 6 heteroatoms. The van der Waals surface area contributed by atoms with Gasteiger partial charge in [-0.05, 0) is 12.1 Å². The minimum Gasteiger partial charge on any atom is -0.273 e. The van der Waals surface area contributed by atoms with E-state index in [0.29, 0.717) is 10.7 Å². The van der Waals surface area contributed by atoms with E-state index in [0.717, 1.165) is 11.3 Å². The van der Waals surface area contributed by atoms with Crippen molar-refractivity contribution in [3.63, 3.8) is 0 Å². The molecule has 0 fully saturated rings. The first kappa shape index (κ1) is 13.3. The zero-order valence-electron chi connectivity index (χ0n) is 11.0. The Balaban J connectivity index is 1.64. The van der Waals surface area contributed by atoms with E-state index < -0.39 is 0 Å². The summed E-state index contributed by atoms with van der Waals surface area (Å²) in [7, 11) is 0. The third kappa shape index (κ3) is 3.24. The lowest BCUT2D eigenvalue weighted by molar-refractivity contribution is 0.0962. The SMILES string of the molecule is O=C(NNc1nc(-c2ccccc2)cs1)c1cccnc1. The molecule has 0 aliphatic carbocycles. The Labute approximate surface area is 125 Å². The minimum absolute atomic E-state index is 0.250. The molecule has 0 aliphatic heterocycles. The van der Waals surface area contributed by atoms with Crippen molar-refractivity contribution in [2.24, 2.45) is 0 Å². The van der Waals surface area contributed by atoms with Crippen molar-refractivity contribution in [3.8, 4) is 11.3 Å². The molecule has 0 atom stereocenters. The lowest BCUT2D eigenvalue weighted by Crippen LogP contribution is -2.29. The smallest absolute Gasteiger partial charge is 0.271 e. The molecule has 0 unspecified atom stereocenters. The molecule has 21 heavy (non-hydrogen) atoms. The second kappa shape index (κ2) is 6.15. The van der Waals surface area contributed by atoms with Gasteiger partial charge in [-0.15, -0.1) is 11.3 Å². The Hall–Kier alpha value is -2.73. The number of anilines is 1. The number of carbonyl (C=O) groups excluding carboxylic acids is 1. The molecule has 1 aromatic carbocycles. The Kier molecular flexibility index (Phi) is 3.88. The highest BCUT2D eigenvalue weighted by molar-refractivity contribution is 7.14. The zero-order chi connectivity index (χ0) is 14.5. The van der Waals surface area contributed by atoms with Crippen LogP contribution in [0, 0.1) is 0 Å². The van der Waals surface area contributed by atoms with Crippen LogP contribution < -0.4 is 10.9 Å². The van der Waals surface area contributed by atoms with Gasteiger partial charge in [0.05, 0.1) is 11.3 Å². The number of hydrogen-bond acceptors (Lipinski definition) is 5. The van der Waals surface area contributed by atoms with Crippen LogP contribution in [0.15, 0.2) is 60.2 Å². The molecule has 2 aromatic heterocycles. The van der Waals surface area contributed by atoms with Gasteiger partial charge in [0.25, 0.3) is 5.91 Å². The number of amides is 1. The van der Waals surface area contributed by atoms with E-state index in [1.165, 1.54) is 17.5 Å². The second-order valence-electron chi connectivity index (χ2n) is 4.22. The van der Waals surface area contributed by atoms with Gasteiger partial charge in [0, 0.05) is 23.3 Å². The van der Waals surface area contributed by atoms with Crippen LogP contribution in [-0.4, -0.2) is 15.9 Å². The number of benzene rings is 1. The van der Waals surface area contributed by atoms with Crippen molar-refractivity contribution >= 4 is 22.4 Å². The highest BCUT2D eigenvalue weighted by Crippen LogP contribution is 2.23. The first-order valence-electron chi connectivity index (χ1n) is 6.30. The van der Waals surface area contributed by atoms with E-state index in [-0.39, 0.29) is 5.91 Å². The maximum Gasteiger partial charge on any atom is 0.271 e. The summed E-state index contributed by atoms with van der Waals surface area (Å²) >= 11 is 1.43. The number of carbonyl (C=O) groups is 1. The number of hydrogen-bond donors (Lipinski definition) is 2. The zero-order valence-corrected chi connectivity index (χ0v) is 11.8. The molecule has 5 nitrogen and oxygen atoms in total. The third-order valence-electron chi connectivity index (χ3n) is 2.78. The predicted octanol–water partition coefficient (Wildman–Crippen LogP) is 2.96. The molecule has 3 rings (SSSR count). The van der Waals surface area contributed by atoms with Gasteiger partial charge in [0.15, 0.2) is 0 Å². The molecular weight excluding hydrogens is 284 g/mol. The molecule has 104 valence electrons. The number of thiazole rings is 1. The number of rotatable bonds is 4. The first-order chi connectivity index (χ1) is 10.3. The summed E-state index contributed by atoms with van der Waals surface area (Å²) in [4.78, 5) is 20.2. The van der Waals surface area contributed by atoms with E-state index >= 15 is 0 Å². The number of nitrogens with one attached hydrogen (secondary N) is 2. The highest BCUT2D eigenvalue weighted by Gasteiger charge is 2.07. The Bertz CT molecular complexity index is 728. The maximum atomic E-state index is 11.9. The van der Waals surface area contributed by atoms with E-state index in [4.69, 9.17) is 0 Å². The summed E-state index contributed by atoms with van der Waals surface area (Å²) in [5, 5.41) is 2.57. The summed E-state index contributed by atoms with van der Waals surface area (Å²) < 4.78 is 0. The molecule has 3 aromatic rings. The normalized spacial score (nSPS) is 10.1. The molecule has 0 spiro atoms. The Morgan fingerprint density at radius 3 is 2.71 bits per heavy atom. The van der Waals surface area contributed by atoms with Gasteiger partial charge in [-0.1, -0.05) is 30.3 Å². The van der Waals surface area contributed by atoms with Crippen molar-refractivity contribution in [2.75, 3.05) is 5.43 Å². The maximum absolute atomic E-state index is 11.9. The minimum atomic E-state index is -0.250. The van der Waals surface area contributed by atoms with E-state index in [9.17, 15) is 4.79 Å². The van der Waals surface area contributed by atoms with Crippen LogP contribution in [0.4, 0.5) is 5.13 Å². The molecule has 2 heterocycles. The lowest BCUT2D eigenvalue weighted by atomic mass is 10.2. The second-order valence-corrected chi connectivity index (χ2v) is 5.08. The van der Waals surface area contributed by atoms with E-state index in [1.54, 1.807) is 18.3 Å².